The first-order valence-electron chi connectivity index (χ1n) is 5.64. The highest BCUT2D eigenvalue weighted by Crippen LogP contribution is 2.23. The maximum absolute atomic E-state index is 5.70. The summed E-state index contributed by atoms with van der Waals surface area (Å²) < 4.78 is 2.04. The maximum Gasteiger partial charge on any atom is 0.158 e. The van der Waals surface area contributed by atoms with Crippen LogP contribution in [0.5, 0.6) is 0 Å². The molecule has 0 spiro atoms. The molecule has 2 aromatic rings. The van der Waals surface area contributed by atoms with Gasteiger partial charge in [0.05, 0.1) is 24.1 Å². The lowest BCUT2D eigenvalue weighted by Gasteiger charge is -2.23. The molecule has 3 heterocycles. The molecule has 0 unspecified atom stereocenters. The summed E-state index contributed by atoms with van der Waals surface area (Å²) in [7, 11) is 0. The Bertz CT molecular complexity index is 498. The summed E-state index contributed by atoms with van der Waals surface area (Å²) in [5, 5.41) is 8.81. The molecule has 16 heavy (non-hydrogen) atoms. The molecule has 0 aliphatic carbocycles. The molecule has 0 saturated carbocycles. The third-order valence-electron chi connectivity index (χ3n) is 3.11. The summed E-state index contributed by atoms with van der Waals surface area (Å²) in [6, 6.07) is 2.39. The molecule has 1 aliphatic rings. The van der Waals surface area contributed by atoms with Crippen LogP contribution in [0.3, 0.4) is 0 Å². The van der Waals surface area contributed by atoms with Crippen molar-refractivity contribution in [2.75, 3.05) is 18.8 Å². The second kappa shape index (κ2) is 3.75. The smallest absolute Gasteiger partial charge is 0.158 e. The minimum atomic E-state index is 0.467. The SMILES string of the molecule is Nc1cnc2c(cnn2C2CCNCC2)c1. The van der Waals surface area contributed by atoms with Gasteiger partial charge in [0, 0.05) is 5.39 Å². The minimum Gasteiger partial charge on any atom is -0.397 e. The number of piperidine rings is 1. The quantitative estimate of drug-likeness (QED) is 0.746. The van der Waals surface area contributed by atoms with Gasteiger partial charge in [0.1, 0.15) is 0 Å². The van der Waals surface area contributed by atoms with Crippen LogP contribution in [-0.4, -0.2) is 27.9 Å². The van der Waals surface area contributed by atoms with Crippen molar-refractivity contribution in [3.63, 3.8) is 0 Å². The number of nitrogens with zero attached hydrogens (tertiary/aromatic N) is 3. The molecule has 3 N–H and O–H groups in total. The van der Waals surface area contributed by atoms with E-state index >= 15 is 0 Å². The fourth-order valence-corrected chi connectivity index (χ4v) is 2.28. The average molecular weight is 217 g/mol. The van der Waals surface area contributed by atoms with Gasteiger partial charge in [-0.3, -0.25) is 0 Å². The van der Waals surface area contributed by atoms with E-state index in [-0.39, 0.29) is 0 Å². The van der Waals surface area contributed by atoms with Crippen molar-refractivity contribution in [3.8, 4) is 0 Å². The Balaban J connectivity index is 2.03. The number of aromatic nitrogens is 3. The Labute approximate surface area is 93.6 Å². The van der Waals surface area contributed by atoms with Gasteiger partial charge in [0.25, 0.3) is 0 Å². The first-order valence-corrected chi connectivity index (χ1v) is 5.64. The van der Waals surface area contributed by atoms with Gasteiger partial charge in [-0.05, 0) is 32.0 Å². The second-order valence-electron chi connectivity index (χ2n) is 4.25. The van der Waals surface area contributed by atoms with Crippen LogP contribution in [-0.2, 0) is 0 Å². The summed E-state index contributed by atoms with van der Waals surface area (Å²) in [6.45, 7) is 2.11. The first kappa shape index (κ1) is 9.59. The van der Waals surface area contributed by atoms with Crippen LogP contribution in [0.1, 0.15) is 18.9 Å². The molecule has 5 heteroatoms. The van der Waals surface area contributed by atoms with Gasteiger partial charge in [-0.2, -0.15) is 5.10 Å². The van der Waals surface area contributed by atoms with E-state index in [1.807, 2.05) is 16.9 Å². The van der Waals surface area contributed by atoms with Gasteiger partial charge in [0.15, 0.2) is 5.65 Å². The first-order chi connectivity index (χ1) is 7.84. The number of fused-ring (bicyclic) bond motifs is 1. The molecule has 0 bridgehead atoms. The molecular weight excluding hydrogens is 202 g/mol. The number of hydrogen-bond donors (Lipinski definition) is 2. The zero-order chi connectivity index (χ0) is 11.0. The van der Waals surface area contributed by atoms with Crippen molar-refractivity contribution in [1.29, 1.82) is 0 Å². The molecule has 0 amide bonds. The lowest BCUT2D eigenvalue weighted by molar-refractivity contribution is 0.350. The third-order valence-corrected chi connectivity index (χ3v) is 3.11. The molecular formula is C11H15N5. The van der Waals surface area contributed by atoms with E-state index in [0.717, 1.165) is 37.0 Å². The number of nitrogens with two attached hydrogens (primary N) is 1. The topological polar surface area (TPSA) is 68.8 Å². The predicted molar refractivity (Wildman–Crippen MR) is 63.1 cm³/mol. The van der Waals surface area contributed by atoms with Crippen LogP contribution in [0.2, 0.25) is 0 Å². The Morgan fingerprint density at radius 1 is 1.31 bits per heavy atom. The van der Waals surface area contributed by atoms with Crippen molar-refractivity contribution in [3.05, 3.63) is 18.5 Å². The van der Waals surface area contributed by atoms with Crippen LogP contribution in [0.15, 0.2) is 18.5 Å². The molecule has 5 nitrogen and oxygen atoms in total. The van der Waals surface area contributed by atoms with Crippen molar-refractivity contribution < 1.29 is 0 Å². The lowest BCUT2D eigenvalue weighted by Crippen LogP contribution is -2.29. The van der Waals surface area contributed by atoms with E-state index in [9.17, 15) is 0 Å². The van der Waals surface area contributed by atoms with E-state index in [0.29, 0.717) is 11.7 Å². The molecule has 84 valence electrons. The van der Waals surface area contributed by atoms with Gasteiger partial charge in [0.2, 0.25) is 0 Å². The third kappa shape index (κ3) is 1.53. The molecule has 0 aromatic carbocycles. The van der Waals surface area contributed by atoms with E-state index in [4.69, 9.17) is 5.73 Å². The van der Waals surface area contributed by atoms with Gasteiger partial charge in [-0.1, -0.05) is 0 Å². The lowest BCUT2D eigenvalue weighted by atomic mass is 10.1. The van der Waals surface area contributed by atoms with Crippen molar-refractivity contribution >= 4 is 16.7 Å². The number of anilines is 1. The van der Waals surface area contributed by atoms with E-state index in [2.05, 4.69) is 15.4 Å². The van der Waals surface area contributed by atoms with Crippen LogP contribution < -0.4 is 11.1 Å². The van der Waals surface area contributed by atoms with Crippen LogP contribution in [0, 0.1) is 0 Å². The van der Waals surface area contributed by atoms with Crippen LogP contribution in [0.4, 0.5) is 5.69 Å². The van der Waals surface area contributed by atoms with Gasteiger partial charge in [-0.15, -0.1) is 0 Å². The van der Waals surface area contributed by atoms with Crippen molar-refractivity contribution in [2.24, 2.45) is 0 Å². The molecule has 1 saturated heterocycles. The highest BCUT2D eigenvalue weighted by molar-refractivity contribution is 5.77. The van der Waals surface area contributed by atoms with Gasteiger partial charge in [-0.25, -0.2) is 9.67 Å². The van der Waals surface area contributed by atoms with Gasteiger partial charge < -0.3 is 11.1 Å². The molecule has 3 rings (SSSR count). The average Bonchev–Trinajstić information content (AvgIpc) is 2.73. The normalized spacial score (nSPS) is 18.0. The molecule has 0 radical (unpaired) electrons. The fourth-order valence-electron chi connectivity index (χ4n) is 2.28. The number of rotatable bonds is 1. The summed E-state index contributed by atoms with van der Waals surface area (Å²) in [5.41, 5.74) is 7.34. The Morgan fingerprint density at radius 2 is 2.12 bits per heavy atom. The zero-order valence-electron chi connectivity index (χ0n) is 9.06. The second-order valence-corrected chi connectivity index (χ2v) is 4.25. The zero-order valence-corrected chi connectivity index (χ0v) is 9.06. The monoisotopic (exact) mass is 217 g/mol. The number of pyridine rings is 1. The highest BCUT2D eigenvalue weighted by Gasteiger charge is 2.18. The number of nitrogens with one attached hydrogen (secondary N) is 1. The number of hydrogen-bond acceptors (Lipinski definition) is 4. The molecule has 1 fully saturated rings. The Morgan fingerprint density at radius 3 is 2.94 bits per heavy atom. The van der Waals surface area contributed by atoms with Crippen molar-refractivity contribution in [2.45, 2.75) is 18.9 Å². The number of nitrogen functional groups attached to an aromatic ring is 1. The van der Waals surface area contributed by atoms with Crippen molar-refractivity contribution in [1.82, 2.24) is 20.1 Å². The Kier molecular flexibility index (Phi) is 2.25. The Hall–Kier alpha value is -1.62. The summed E-state index contributed by atoms with van der Waals surface area (Å²) in [4.78, 5) is 4.37. The molecule has 2 aromatic heterocycles. The maximum atomic E-state index is 5.70. The summed E-state index contributed by atoms with van der Waals surface area (Å²) in [6.07, 6.45) is 5.77. The largest absolute Gasteiger partial charge is 0.397 e. The highest BCUT2D eigenvalue weighted by atomic mass is 15.3. The van der Waals surface area contributed by atoms with Gasteiger partial charge >= 0.3 is 0 Å². The van der Waals surface area contributed by atoms with E-state index in [1.54, 1.807) is 6.20 Å². The summed E-state index contributed by atoms with van der Waals surface area (Å²) >= 11 is 0. The molecule has 1 aliphatic heterocycles. The predicted octanol–water partition coefficient (Wildman–Crippen LogP) is 0.938. The fraction of sp³-hybridized carbons (Fsp3) is 0.455. The van der Waals surface area contributed by atoms with E-state index < -0.39 is 0 Å². The summed E-state index contributed by atoms with van der Waals surface area (Å²) in [5.74, 6) is 0. The van der Waals surface area contributed by atoms with Crippen LogP contribution >= 0.6 is 0 Å². The standard InChI is InChI=1S/C11H15N5/c12-9-5-8-6-15-16(11(8)14-7-9)10-1-3-13-4-2-10/h5-7,10,13H,1-4,12H2. The van der Waals surface area contributed by atoms with E-state index in [1.165, 1.54) is 0 Å². The minimum absolute atomic E-state index is 0.467. The van der Waals surface area contributed by atoms with Crippen LogP contribution in [0.25, 0.3) is 11.0 Å². The molecule has 0 atom stereocenters.